The van der Waals surface area contributed by atoms with Gasteiger partial charge in [0.2, 0.25) is 0 Å². The highest BCUT2D eigenvalue weighted by molar-refractivity contribution is 5.95. The summed E-state index contributed by atoms with van der Waals surface area (Å²) in [6, 6.07) is 2.47. The fourth-order valence-corrected chi connectivity index (χ4v) is 3.05. The van der Waals surface area contributed by atoms with Crippen LogP contribution in [0, 0.1) is 0 Å². The molecule has 0 aromatic heterocycles. The van der Waals surface area contributed by atoms with Gasteiger partial charge in [0.05, 0.1) is 18.3 Å². The molecule has 1 saturated heterocycles. The molecule has 136 valence electrons. The first-order chi connectivity index (χ1) is 11.9. The number of epoxide rings is 1. The molecule has 3 rings (SSSR count). The van der Waals surface area contributed by atoms with E-state index in [0.29, 0.717) is 24.8 Å². The second kappa shape index (κ2) is 7.03. The lowest BCUT2D eigenvalue weighted by Gasteiger charge is -2.17. The SMILES string of the molecule is C[C@H]1C/C=C\[C@@H](O)[C@@H](O)CC[C@H]2O[C@@H]2c2cc(O)cc(O)c2C(=O)O1. The number of cyclic esters (lactones) is 1. The molecule has 1 aromatic rings. The van der Waals surface area contributed by atoms with Crippen molar-refractivity contribution in [2.45, 2.75) is 56.7 Å². The number of carbonyl (C=O) groups excluding carboxylic acids is 1. The minimum atomic E-state index is -0.997. The Morgan fingerprint density at radius 3 is 2.68 bits per heavy atom. The average Bonchev–Trinajstić information content (AvgIpc) is 3.30. The van der Waals surface area contributed by atoms with Crippen LogP contribution in [-0.2, 0) is 9.47 Å². The number of carbonyl (C=O) groups is 1. The Hall–Kier alpha value is -2.09. The van der Waals surface area contributed by atoms with Gasteiger partial charge in [-0.15, -0.1) is 0 Å². The maximum absolute atomic E-state index is 12.5. The third-order valence-corrected chi connectivity index (χ3v) is 4.48. The first kappa shape index (κ1) is 17.7. The fourth-order valence-electron chi connectivity index (χ4n) is 3.05. The lowest BCUT2D eigenvalue weighted by Crippen LogP contribution is -2.24. The van der Waals surface area contributed by atoms with E-state index >= 15 is 0 Å². The summed E-state index contributed by atoms with van der Waals surface area (Å²) in [5, 5.41) is 39.7. The number of ether oxygens (including phenoxy) is 2. The van der Waals surface area contributed by atoms with Crippen LogP contribution < -0.4 is 0 Å². The predicted octanol–water partition coefficient (Wildman–Crippen LogP) is 1.54. The Bertz CT molecular complexity index is 684. The van der Waals surface area contributed by atoms with Gasteiger partial charge in [-0.25, -0.2) is 4.79 Å². The predicted molar refractivity (Wildman–Crippen MR) is 87.3 cm³/mol. The van der Waals surface area contributed by atoms with E-state index in [9.17, 15) is 25.2 Å². The second-order valence-corrected chi connectivity index (χ2v) is 6.54. The number of aliphatic hydroxyl groups excluding tert-OH is 2. The zero-order chi connectivity index (χ0) is 18.1. The van der Waals surface area contributed by atoms with Gasteiger partial charge in [0.15, 0.2) is 0 Å². The first-order valence-corrected chi connectivity index (χ1v) is 8.32. The number of hydrogen-bond donors (Lipinski definition) is 4. The van der Waals surface area contributed by atoms with E-state index in [4.69, 9.17) is 9.47 Å². The third kappa shape index (κ3) is 3.95. The van der Waals surface area contributed by atoms with Crippen molar-refractivity contribution in [1.82, 2.24) is 0 Å². The van der Waals surface area contributed by atoms with E-state index in [1.54, 1.807) is 13.0 Å². The van der Waals surface area contributed by atoms with Gasteiger partial charge < -0.3 is 29.9 Å². The van der Waals surface area contributed by atoms with E-state index in [1.807, 2.05) is 0 Å². The van der Waals surface area contributed by atoms with Gasteiger partial charge in [0.25, 0.3) is 0 Å². The molecule has 0 radical (unpaired) electrons. The molecule has 0 bridgehead atoms. The molecule has 1 fully saturated rings. The number of benzene rings is 1. The number of phenolic OH excluding ortho intramolecular Hbond substituents is 2. The molecule has 5 atom stereocenters. The Labute approximate surface area is 145 Å². The van der Waals surface area contributed by atoms with Crippen LogP contribution in [0.25, 0.3) is 0 Å². The van der Waals surface area contributed by atoms with Crippen molar-refractivity contribution in [3.63, 3.8) is 0 Å². The van der Waals surface area contributed by atoms with Crippen LogP contribution >= 0.6 is 0 Å². The highest BCUT2D eigenvalue weighted by atomic mass is 16.6. The third-order valence-electron chi connectivity index (χ3n) is 4.48. The first-order valence-electron chi connectivity index (χ1n) is 8.32. The van der Waals surface area contributed by atoms with Gasteiger partial charge in [-0.3, -0.25) is 0 Å². The van der Waals surface area contributed by atoms with Crippen LogP contribution in [0.3, 0.4) is 0 Å². The molecule has 2 heterocycles. The minimum Gasteiger partial charge on any atom is -0.508 e. The van der Waals surface area contributed by atoms with E-state index in [-0.39, 0.29) is 23.2 Å². The Morgan fingerprint density at radius 1 is 1.16 bits per heavy atom. The molecule has 0 aliphatic carbocycles. The van der Waals surface area contributed by atoms with Crippen LogP contribution in [0.15, 0.2) is 24.3 Å². The van der Waals surface area contributed by atoms with Crippen molar-refractivity contribution in [2.75, 3.05) is 0 Å². The largest absolute Gasteiger partial charge is 0.508 e. The molecule has 4 N–H and O–H groups in total. The van der Waals surface area contributed by atoms with E-state index in [1.165, 1.54) is 12.1 Å². The van der Waals surface area contributed by atoms with E-state index in [2.05, 4.69) is 0 Å². The Kier molecular flexibility index (Phi) is 4.99. The van der Waals surface area contributed by atoms with Crippen LogP contribution in [0.1, 0.15) is 48.2 Å². The molecule has 0 spiro atoms. The van der Waals surface area contributed by atoms with Crippen molar-refractivity contribution in [2.24, 2.45) is 0 Å². The maximum Gasteiger partial charge on any atom is 0.342 e. The van der Waals surface area contributed by atoms with E-state index < -0.39 is 30.4 Å². The summed E-state index contributed by atoms with van der Waals surface area (Å²) in [6.07, 6.45) is 1.13. The van der Waals surface area contributed by atoms with Gasteiger partial charge in [0.1, 0.15) is 29.3 Å². The standard InChI is InChI=1S/C18H22O7/c1-9-3-2-4-12(20)13(21)5-6-15-17(25-15)11-7-10(19)8-14(22)16(11)18(23)24-9/h2,4,7-9,12-13,15,17,19-22H,3,5-6H2,1H3/b4-2-/t9-,12+,13-,15+,17+/m0/s1. The van der Waals surface area contributed by atoms with Crippen molar-refractivity contribution in [3.05, 3.63) is 35.4 Å². The topological polar surface area (TPSA) is 120 Å². The zero-order valence-corrected chi connectivity index (χ0v) is 13.8. The summed E-state index contributed by atoms with van der Waals surface area (Å²) in [4.78, 5) is 12.5. The molecule has 0 unspecified atom stereocenters. The van der Waals surface area contributed by atoms with Crippen molar-refractivity contribution < 1.29 is 34.7 Å². The van der Waals surface area contributed by atoms with Gasteiger partial charge in [0, 0.05) is 18.1 Å². The maximum atomic E-state index is 12.5. The van der Waals surface area contributed by atoms with Crippen molar-refractivity contribution in [1.29, 1.82) is 0 Å². The van der Waals surface area contributed by atoms with Gasteiger partial charge in [-0.05, 0) is 25.8 Å². The number of fused-ring (bicyclic) bond motifs is 3. The molecule has 7 nitrogen and oxygen atoms in total. The van der Waals surface area contributed by atoms with Gasteiger partial charge >= 0.3 is 5.97 Å². The van der Waals surface area contributed by atoms with Gasteiger partial charge in [-0.2, -0.15) is 0 Å². The molecule has 2 aliphatic heterocycles. The van der Waals surface area contributed by atoms with Crippen molar-refractivity contribution >= 4 is 5.97 Å². The molecular formula is C18H22O7. The number of esters is 1. The fraction of sp³-hybridized carbons (Fsp3) is 0.500. The summed E-state index contributed by atoms with van der Waals surface area (Å²) < 4.78 is 10.9. The monoisotopic (exact) mass is 350 g/mol. The van der Waals surface area contributed by atoms with E-state index in [0.717, 1.165) is 6.07 Å². The molecule has 0 saturated carbocycles. The number of hydrogen-bond acceptors (Lipinski definition) is 7. The molecular weight excluding hydrogens is 328 g/mol. The lowest BCUT2D eigenvalue weighted by molar-refractivity contribution is 0.0332. The van der Waals surface area contributed by atoms with Crippen LogP contribution in [-0.4, -0.2) is 50.8 Å². The smallest absolute Gasteiger partial charge is 0.342 e. The molecule has 1 aromatic carbocycles. The number of aromatic hydroxyl groups is 2. The van der Waals surface area contributed by atoms with Crippen LogP contribution in [0.4, 0.5) is 0 Å². The molecule has 0 amide bonds. The van der Waals surface area contributed by atoms with Crippen LogP contribution in [0.5, 0.6) is 11.5 Å². The molecule has 7 heteroatoms. The summed E-state index contributed by atoms with van der Waals surface area (Å²) in [5.74, 6) is -1.23. The normalized spacial score (nSPS) is 34.2. The zero-order valence-electron chi connectivity index (χ0n) is 13.8. The Morgan fingerprint density at radius 2 is 1.92 bits per heavy atom. The summed E-state index contributed by atoms with van der Waals surface area (Å²) >= 11 is 0. The Balaban J connectivity index is 1.92. The molecule has 2 aliphatic rings. The number of phenols is 2. The quantitative estimate of drug-likeness (QED) is 0.318. The van der Waals surface area contributed by atoms with Crippen molar-refractivity contribution in [3.8, 4) is 11.5 Å². The average molecular weight is 350 g/mol. The lowest BCUT2D eigenvalue weighted by atomic mass is 9.98. The number of rotatable bonds is 0. The number of aliphatic hydroxyl groups is 2. The summed E-state index contributed by atoms with van der Waals surface area (Å²) in [6.45, 7) is 1.68. The highest BCUT2D eigenvalue weighted by Gasteiger charge is 2.43. The van der Waals surface area contributed by atoms with Crippen LogP contribution in [0.2, 0.25) is 0 Å². The second-order valence-electron chi connectivity index (χ2n) is 6.54. The molecule has 25 heavy (non-hydrogen) atoms. The van der Waals surface area contributed by atoms with Gasteiger partial charge in [-0.1, -0.05) is 12.2 Å². The summed E-state index contributed by atoms with van der Waals surface area (Å²) in [5.41, 5.74) is 0.348. The summed E-state index contributed by atoms with van der Waals surface area (Å²) in [7, 11) is 0. The highest BCUT2D eigenvalue weighted by Crippen LogP contribution is 2.46. The minimum absolute atomic E-state index is 0.0150.